The summed E-state index contributed by atoms with van der Waals surface area (Å²) in [6, 6.07) is 0. The first-order valence-electron chi connectivity index (χ1n) is 9.80. The first kappa shape index (κ1) is 15.9. The fourth-order valence-electron chi connectivity index (χ4n) is 7.25. The summed E-state index contributed by atoms with van der Waals surface area (Å²) in [5.74, 6) is 2.51. The second-order valence-corrected chi connectivity index (χ2v) is 9.35. The molecule has 0 unspecified atom stereocenters. The molecule has 6 atom stereocenters. The first-order chi connectivity index (χ1) is 10.8. The third-order valence-corrected chi connectivity index (χ3v) is 8.87. The monoisotopic (exact) mass is 316 g/mol. The minimum atomic E-state index is -0.442. The number of hydrogen-bond donors (Lipinski definition) is 1. The molecule has 4 rings (SSSR count). The van der Waals surface area contributed by atoms with Crippen molar-refractivity contribution in [1.29, 1.82) is 0 Å². The molecule has 128 valence electrons. The smallest absolute Gasteiger partial charge is 0.155 e. The maximum Gasteiger partial charge on any atom is 0.155 e. The number of rotatable bonds is 1. The normalized spacial score (nSPS) is 52.4. The molecule has 0 aromatic rings. The van der Waals surface area contributed by atoms with Gasteiger partial charge in [-0.3, -0.25) is 4.79 Å². The van der Waals surface area contributed by atoms with Gasteiger partial charge in [0.25, 0.3) is 0 Å². The van der Waals surface area contributed by atoms with Gasteiger partial charge in [-0.25, -0.2) is 0 Å². The van der Waals surface area contributed by atoms with Gasteiger partial charge in [-0.2, -0.15) is 0 Å². The van der Waals surface area contributed by atoms with E-state index in [0.717, 1.165) is 43.9 Å². The van der Waals surface area contributed by atoms with E-state index in [-0.39, 0.29) is 10.8 Å². The summed E-state index contributed by atoms with van der Waals surface area (Å²) in [7, 11) is 0. The van der Waals surface area contributed by atoms with E-state index in [1.54, 1.807) is 0 Å². The molecule has 2 heteroatoms. The molecule has 4 aliphatic carbocycles. The number of ketones is 1. The molecule has 0 heterocycles. The summed E-state index contributed by atoms with van der Waals surface area (Å²) in [6.45, 7) is 6.98. The lowest BCUT2D eigenvalue weighted by atomic mass is 9.46. The summed E-state index contributed by atoms with van der Waals surface area (Å²) < 4.78 is 0. The molecule has 3 saturated carbocycles. The van der Waals surface area contributed by atoms with Gasteiger partial charge < -0.3 is 5.11 Å². The third kappa shape index (κ3) is 1.94. The van der Waals surface area contributed by atoms with E-state index in [9.17, 15) is 9.90 Å². The Balaban J connectivity index is 1.69. The van der Waals surface area contributed by atoms with Gasteiger partial charge in [-0.15, -0.1) is 0 Å². The SMILES string of the molecule is CC[C@]1(O)CC[C@@H]2[C@H]3CCC4=CC(=O)CC[C@]4(C)[C@@H]3CC[C@]21C. The Labute approximate surface area is 140 Å². The van der Waals surface area contributed by atoms with Crippen LogP contribution >= 0.6 is 0 Å². The summed E-state index contributed by atoms with van der Waals surface area (Å²) in [6.07, 6.45) is 11.6. The van der Waals surface area contributed by atoms with E-state index in [1.807, 2.05) is 6.08 Å². The fraction of sp³-hybridized carbons (Fsp3) is 0.857. The maximum atomic E-state index is 11.9. The van der Waals surface area contributed by atoms with Crippen molar-refractivity contribution in [2.24, 2.45) is 28.6 Å². The molecule has 0 aromatic carbocycles. The Morgan fingerprint density at radius 2 is 1.83 bits per heavy atom. The van der Waals surface area contributed by atoms with Gasteiger partial charge in [-0.1, -0.05) is 26.3 Å². The van der Waals surface area contributed by atoms with Crippen molar-refractivity contribution < 1.29 is 9.90 Å². The van der Waals surface area contributed by atoms with Crippen LogP contribution in [0.5, 0.6) is 0 Å². The second kappa shape index (κ2) is 4.94. The van der Waals surface area contributed by atoms with Crippen LogP contribution in [0.15, 0.2) is 11.6 Å². The van der Waals surface area contributed by atoms with Crippen molar-refractivity contribution in [3.8, 4) is 0 Å². The number of hydrogen-bond acceptors (Lipinski definition) is 2. The van der Waals surface area contributed by atoms with Crippen LogP contribution in [-0.2, 0) is 4.79 Å². The predicted octanol–water partition coefficient (Wildman–Crippen LogP) is 4.66. The Bertz CT molecular complexity index is 564. The number of fused-ring (bicyclic) bond motifs is 5. The quantitative estimate of drug-likeness (QED) is 0.764. The zero-order valence-corrected chi connectivity index (χ0v) is 15.0. The topological polar surface area (TPSA) is 37.3 Å². The standard InChI is InChI=1S/C21H32O2/c1-4-21(23)12-9-18-16-6-5-14-13-15(22)7-10-19(14,2)17(16)8-11-20(18,21)3/h13,16-18,23H,4-12H2,1-3H3/t16-,17+,18+,19-,20+,21-/m0/s1. The lowest BCUT2D eigenvalue weighted by Crippen LogP contribution is -2.54. The molecule has 0 saturated heterocycles. The van der Waals surface area contributed by atoms with Crippen molar-refractivity contribution in [3.05, 3.63) is 11.6 Å². The molecule has 1 N–H and O–H groups in total. The second-order valence-electron chi connectivity index (χ2n) is 9.35. The van der Waals surface area contributed by atoms with Gasteiger partial charge in [0.15, 0.2) is 5.78 Å². The number of allylic oxidation sites excluding steroid dienone is 1. The molecule has 0 amide bonds. The van der Waals surface area contributed by atoms with Crippen LogP contribution in [0, 0.1) is 28.6 Å². The summed E-state index contributed by atoms with van der Waals surface area (Å²) >= 11 is 0. The van der Waals surface area contributed by atoms with Gasteiger partial charge in [0.2, 0.25) is 0 Å². The predicted molar refractivity (Wildman–Crippen MR) is 92.0 cm³/mol. The Hall–Kier alpha value is -0.630. The molecule has 0 radical (unpaired) electrons. The molecule has 0 spiro atoms. The van der Waals surface area contributed by atoms with Gasteiger partial charge in [0, 0.05) is 6.42 Å². The van der Waals surface area contributed by atoms with E-state index < -0.39 is 5.60 Å². The number of aliphatic hydroxyl groups is 1. The van der Waals surface area contributed by atoms with Gasteiger partial charge in [0.05, 0.1) is 5.60 Å². The average Bonchev–Trinajstić information content (AvgIpc) is 2.80. The molecule has 0 bridgehead atoms. The molecular weight excluding hydrogens is 284 g/mol. The third-order valence-electron chi connectivity index (χ3n) is 8.87. The highest BCUT2D eigenvalue weighted by Gasteiger charge is 2.63. The minimum Gasteiger partial charge on any atom is -0.389 e. The Morgan fingerprint density at radius 3 is 2.57 bits per heavy atom. The van der Waals surface area contributed by atoms with Crippen LogP contribution in [0.4, 0.5) is 0 Å². The van der Waals surface area contributed by atoms with Crippen molar-refractivity contribution in [3.63, 3.8) is 0 Å². The highest BCUT2D eigenvalue weighted by atomic mass is 16.3. The Morgan fingerprint density at radius 1 is 1.09 bits per heavy atom. The largest absolute Gasteiger partial charge is 0.389 e. The van der Waals surface area contributed by atoms with E-state index >= 15 is 0 Å². The molecule has 3 fully saturated rings. The van der Waals surface area contributed by atoms with Crippen LogP contribution < -0.4 is 0 Å². The van der Waals surface area contributed by atoms with Crippen molar-refractivity contribution in [1.82, 2.24) is 0 Å². The lowest BCUT2D eigenvalue weighted by Gasteiger charge is -2.59. The van der Waals surface area contributed by atoms with Gasteiger partial charge in [0.1, 0.15) is 0 Å². The Kier molecular flexibility index (Phi) is 3.41. The van der Waals surface area contributed by atoms with Crippen molar-refractivity contribution in [2.75, 3.05) is 0 Å². The van der Waals surface area contributed by atoms with Gasteiger partial charge in [-0.05, 0) is 86.0 Å². The minimum absolute atomic E-state index is 0.116. The molecule has 0 aliphatic heterocycles. The van der Waals surface area contributed by atoms with Crippen LogP contribution in [0.2, 0.25) is 0 Å². The van der Waals surface area contributed by atoms with Gasteiger partial charge >= 0.3 is 0 Å². The van der Waals surface area contributed by atoms with Crippen LogP contribution in [0.25, 0.3) is 0 Å². The molecular formula is C21H32O2. The summed E-state index contributed by atoms with van der Waals surface area (Å²) in [5, 5.41) is 11.2. The number of carbonyl (C=O) groups is 1. The van der Waals surface area contributed by atoms with E-state index in [1.165, 1.54) is 31.3 Å². The van der Waals surface area contributed by atoms with Crippen molar-refractivity contribution in [2.45, 2.75) is 84.2 Å². The van der Waals surface area contributed by atoms with E-state index in [4.69, 9.17) is 0 Å². The molecule has 23 heavy (non-hydrogen) atoms. The zero-order valence-electron chi connectivity index (χ0n) is 15.0. The summed E-state index contributed by atoms with van der Waals surface area (Å²) in [4.78, 5) is 11.9. The van der Waals surface area contributed by atoms with E-state index in [2.05, 4.69) is 20.8 Å². The lowest BCUT2D eigenvalue weighted by molar-refractivity contribution is -0.130. The highest BCUT2D eigenvalue weighted by Crippen LogP contribution is 2.67. The average molecular weight is 316 g/mol. The fourth-order valence-corrected chi connectivity index (χ4v) is 7.25. The zero-order chi connectivity index (χ0) is 16.5. The van der Waals surface area contributed by atoms with Crippen molar-refractivity contribution >= 4 is 5.78 Å². The first-order valence-corrected chi connectivity index (χ1v) is 9.80. The van der Waals surface area contributed by atoms with Crippen LogP contribution in [0.1, 0.15) is 78.6 Å². The van der Waals surface area contributed by atoms with E-state index in [0.29, 0.717) is 11.7 Å². The maximum absolute atomic E-state index is 11.9. The molecule has 0 aromatic heterocycles. The van der Waals surface area contributed by atoms with Crippen LogP contribution in [0.3, 0.4) is 0 Å². The highest BCUT2D eigenvalue weighted by molar-refractivity contribution is 5.91. The summed E-state index contributed by atoms with van der Waals surface area (Å²) in [5.41, 5.74) is 1.38. The molecule has 4 aliphatic rings. The number of carbonyl (C=O) groups excluding carboxylic acids is 1. The molecule has 2 nitrogen and oxygen atoms in total. The van der Waals surface area contributed by atoms with Crippen LogP contribution in [-0.4, -0.2) is 16.5 Å².